The first-order valence-corrected chi connectivity index (χ1v) is 8.33. The van der Waals surface area contributed by atoms with E-state index in [1.54, 1.807) is 11.6 Å². The van der Waals surface area contributed by atoms with E-state index in [0.29, 0.717) is 31.7 Å². The number of benzene rings is 1. The highest BCUT2D eigenvalue weighted by molar-refractivity contribution is 5.85. The van der Waals surface area contributed by atoms with Gasteiger partial charge in [-0.25, -0.2) is 4.68 Å². The highest BCUT2D eigenvalue weighted by Crippen LogP contribution is 2.43. The van der Waals surface area contributed by atoms with E-state index >= 15 is 0 Å². The van der Waals surface area contributed by atoms with Crippen LogP contribution in [-0.2, 0) is 17.8 Å². The second-order valence-corrected chi connectivity index (χ2v) is 6.69. The van der Waals surface area contributed by atoms with Crippen molar-refractivity contribution in [2.24, 2.45) is 0 Å². The summed E-state index contributed by atoms with van der Waals surface area (Å²) in [6.07, 6.45) is 2.74. The Labute approximate surface area is 146 Å². The monoisotopic (exact) mass is 345 g/mol. The normalized spacial score (nSPS) is 19.2. The molecule has 0 saturated heterocycles. The number of phenols is 1. The standard InChI is InChI=1S/C17H23N5O3/c1-10-11(2)15-13(12(3)14(10)23)5-6-17(4,25-15)16(24)18-7-8-22-9-19-20-21-22/h9,23H,5-8H2,1-4H3,(H,18,24). The van der Waals surface area contributed by atoms with E-state index in [0.717, 1.165) is 28.0 Å². The largest absolute Gasteiger partial charge is 0.507 e. The van der Waals surface area contributed by atoms with Crippen molar-refractivity contribution in [3.8, 4) is 11.5 Å². The van der Waals surface area contributed by atoms with E-state index in [4.69, 9.17) is 4.74 Å². The van der Waals surface area contributed by atoms with E-state index in [2.05, 4.69) is 20.8 Å². The van der Waals surface area contributed by atoms with Crippen molar-refractivity contribution in [3.05, 3.63) is 28.6 Å². The van der Waals surface area contributed by atoms with Crippen LogP contribution in [0.15, 0.2) is 6.33 Å². The van der Waals surface area contributed by atoms with Gasteiger partial charge >= 0.3 is 0 Å². The minimum absolute atomic E-state index is 0.158. The number of nitrogens with zero attached hydrogens (tertiary/aromatic N) is 4. The summed E-state index contributed by atoms with van der Waals surface area (Å²) in [6, 6.07) is 0. The number of amides is 1. The molecule has 25 heavy (non-hydrogen) atoms. The summed E-state index contributed by atoms with van der Waals surface area (Å²) in [5.41, 5.74) is 2.55. The number of carbonyl (C=O) groups excluding carboxylic acids is 1. The van der Waals surface area contributed by atoms with Gasteiger partial charge in [0.05, 0.1) is 6.54 Å². The van der Waals surface area contributed by atoms with Crippen LogP contribution in [-0.4, -0.2) is 43.4 Å². The third kappa shape index (κ3) is 3.04. The van der Waals surface area contributed by atoms with E-state index < -0.39 is 5.60 Å². The summed E-state index contributed by atoms with van der Waals surface area (Å²) in [5, 5.41) is 24.0. The molecule has 1 aromatic heterocycles. The van der Waals surface area contributed by atoms with E-state index in [1.165, 1.54) is 6.33 Å². The molecular formula is C17H23N5O3. The second kappa shape index (κ2) is 6.34. The summed E-state index contributed by atoms with van der Waals surface area (Å²) in [6.45, 7) is 8.38. The van der Waals surface area contributed by atoms with Gasteiger partial charge in [0.15, 0.2) is 5.60 Å². The Morgan fingerprint density at radius 3 is 2.80 bits per heavy atom. The third-order valence-corrected chi connectivity index (χ3v) is 5.02. The van der Waals surface area contributed by atoms with Gasteiger partial charge in [-0.1, -0.05) is 0 Å². The molecule has 1 aliphatic heterocycles. The number of aromatic hydroxyl groups is 1. The Kier molecular flexibility index (Phi) is 4.36. The van der Waals surface area contributed by atoms with Crippen molar-refractivity contribution in [2.75, 3.05) is 6.54 Å². The Morgan fingerprint density at radius 1 is 1.36 bits per heavy atom. The lowest BCUT2D eigenvalue weighted by atomic mass is 9.86. The van der Waals surface area contributed by atoms with Crippen molar-refractivity contribution in [1.82, 2.24) is 25.5 Å². The van der Waals surface area contributed by atoms with Gasteiger partial charge < -0.3 is 15.2 Å². The first kappa shape index (κ1) is 17.2. The van der Waals surface area contributed by atoms with Crippen molar-refractivity contribution in [3.63, 3.8) is 0 Å². The molecule has 1 aromatic carbocycles. The fraction of sp³-hybridized carbons (Fsp3) is 0.529. The number of phenolic OH excluding ortho intramolecular Hbond substituents is 1. The van der Waals surface area contributed by atoms with E-state index in [1.807, 2.05) is 20.8 Å². The Morgan fingerprint density at radius 2 is 2.12 bits per heavy atom. The predicted molar refractivity (Wildman–Crippen MR) is 90.5 cm³/mol. The lowest BCUT2D eigenvalue weighted by molar-refractivity contribution is -0.136. The lowest BCUT2D eigenvalue weighted by Crippen LogP contribution is -2.51. The maximum absolute atomic E-state index is 12.7. The predicted octanol–water partition coefficient (Wildman–Crippen LogP) is 1.20. The Bertz CT molecular complexity index is 803. The quantitative estimate of drug-likeness (QED) is 0.863. The molecule has 1 aliphatic rings. The fourth-order valence-electron chi connectivity index (χ4n) is 3.16. The molecule has 8 nitrogen and oxygen atoms in total. The summed E-state index contributed by atoms with van der Waals surface area (Å²) in [4.78, 5) is 12.7. The van der Waals surface area contributed by atoms with Crippen LogP contribution < -0.4 is 10.1 Å². The molecule has 134 valence electrons. The van der Waals surface area contributed by atoms with Gasteiger partial charge in [0.1, 0.15) is 17.8 Å². The van der Waals surface area contributed by atoms with Crippen LogP contribution >= 0.6 is 0 Å². The molecule has 1 atom stereocenters. The number of carbonyl (C=O) groups is 1. The number of rotatable bonds is 4. The molecule has 8 heteroatoms. The van der Waals surface area contributed by atoms with Gasteiger partial charge in [0.2, 0.25) is 0 Å². The molecule has 1 unspecified atom stereocenters. The van der Waals surface area contributed by atoms with Crippen molar-refractivity contribution in [2.45, 2.75) is 52.7 Å². The van der Waals surface area contributed by atoms with Crippen LogP contribution in [0.3, 0.4) is 0 Å². The molecular weight excluding hydrogens is 322 g/mol. The fourth-order valence-corrected chi connectivity index (χ4v) is 3.16. The average Bonchev–Trinajstić information content (AvgIpc) is 3.11. The topological polar surface area (TPSA) is 102 Å². The first-order chi connectivity index (χ1) is 11.8. The average molecular weight is 345 g/mol. The van der Waals surface area contributed by atoms with Crippen LogP contribution in [0.5, 0.6) is 11.5 Å². The Balaban J connectivity index is 1.75. The molecule has 0 spiro atoms. The van der Waals surface area contributed by atoms with Crippen molar-refractivity contribution in [1.29, 1.82) is 0 Å². The van der Waals surface area contributed by atoms with Crippen LogP contribution in [0.4, 0.5) is 0 Å². The van der Waals surface area contributed by atoms with Gasteiger partial charge in [-0.15, -0.1) is 5.10 Å². The van der Waals surface area contributed by atoms with Crippen molar-refractivity contribution >= 4 is 5.91 Å². The molecule has 0 radical (unpaired) electrons. The lowest BCUT2D eigenvalue weighted by Gasteiger charge is -2.36. The number of aromatic nitrogens is 4. The van der Waals surface area contributed by atoms with Gasteiger partial charge in [-0.3, -0.25) is 4.79 Å². The summed E-state index contributed by atoms with van der Waals surface area (Å²) < 4.78 is 7.70. The zero-order valence-electron chi connectivity index (χ0n) is 15.0. The summed E-state index contributed by atoms with van der Waals surface area (Å²) >= 11 is 0. The summed E-state index contributed by atoms with van der Waals surface area (Å²) in [7, 11) is 0. The molecule has 2 heterocycles. The van der Waals surface area contributed by atoms with Gasteiger partial charge in [-0.2, -0.15) is 0 Å². The third-order valence-electron chi connectivity index (χ3n) is 5.02. The van der Waals surface area contributed by atoms with Crippen LogP contribution in [0.1, 0.15) is 35.6 Å². The number of tetrazole rings is 1. The summed E-state index contributed by atoms with van der Waals surface area (Å²) in [5.74, 6) is 0.875. The molecule has 1 amide bonds. The van der Waals surface area contributed by atoms with Crippen LogP contribution in [0.2, 0.25) is 0 Å². The van der Waals surface area contributed by atoms with E-state index in [9.17, 15) is 9.90 Å². The van der Waals surface area contributed by atoms with Crippen LogP contribution in [0.25, 0.3) is 0 Å². The molecule has 0 saturated carbocycles. The van der Waals surface area contributed by atoms with Gasteiger partial charge in [0.25, 0.3) is 5.91 Å². The zero-order valence-corrected chi connectivity index (χ0v) is 15.0. The SMILES string of the molecule is Cc1c(C)c2c(c(C)c1O)CCC(C)(C(=O)NCCn1cnnn1)O2. The maximum Gasteiger partial charge on any atom is 0.263 e. The highest BCUT2D eigenvalue weighted by Gasteiger charge is 2.40. The smallest absolute Gasteiger partial charge is 0.263 e. The molecule has 0 aliphatic carbocycles. The van der Waals surface area contributed by atoms with Gasteiger partial charge in [0, 0.05) is 18.5 Å². The molecule has 3 rings (SSSR count). The minimum Gasteiger partial charge on any atom is -0.507 e. The van der Waals surface area contributed by atoms with Gasteiger partial charge in [-0.05, 0) is 61.2 Å². The highest BCUT2D eigenvalue weighted by atomic mass is 16.5. The van der Waals surface area contributed by atoms with Crippen LogP contribution in [0, 0.1) is 20.8 Å². The molecule has 2 N–H and O–H groups in total. The van der Waals surface area contributed by atoms with Crippen molar-refractivity contribution < 1.29 is 14.6 Å². The van der Waals surface area contributed by atoms with E-state index in [-0.39, 0.29) is 5.91 Å². The zero-order chi connectivity index (χ0) is 18.2. The minimum atomic E-state index is -0.936. The number of hydrogen-bond acceptors (Lipinski definition) is 6. The number of fused-ring (bicyclic) bond motifs is 1. The molecule has 2 aromatic rings. The number of hydrogen-bond donors (Lipinski definition) is 2. The molecule has 0 bridgehead atoms. The molecule has 0 fully saturated rings. The second-order valence-electron chi connectivity index (χ2n) is 6.69. The number of nitrogens with one attached hydrogen (secondary N) is 1. The maximum atomic E-state index is 12.7. The Hall–Kier alpha value is -2.64. The first-order valence-electron chi connectivity index (χ1n) is 8.33. The number of ether oxygens (including phenoxy) is 1.